The van der Waals surface area contributed by atoms with E-state index in [2.05, 4.69) is 0 Å². The van der Waals surface area contributed by atoms with E-state index in [0.717, 1.165) is 0 Å². The number of rotatable bonds is 3. The zero-order valence-corrected chi connectivity index (χ0v) is 13.6. The molecule has 1 aromatic carbocycles. The third kappa shape index (κ3) is 3.22. The van der Waals surface area contributed by atoms with Gasteiger partial charge in [0.05, 0.1) is 13.2 Å². The zero-order valence-electron chi connectivity index (χ0n) is 12.9. The molecule has 1 N–H and O–H groups in total. The Kier molecular flexibility index (Phi) is 4.73. The van der Waals surface area contributed by atoms with Crippen molar-refractivity contribution in [3.63, 3.8) is 0 Å². The van der Waals surface area contributed by atoms with Crippen LogP contribution >= 0.6 is 11.6 Å². The summed E-state index contributed by atoms with van der Waals surface area (Å²) in [5.41, 5.74) is 0.699. The van der Waals surface area contributed by atoms with E-state index in [9.17, 15) is 14.4 Å². The molecule has 0 aromatic heterocycles. The number of hydrogen-bond acceptors (Lipinski definition) is 4. The van der Waals surface area contributed by atoms with Crippen LogP contribution in [0, 0.1) is 5.92 Å². The van der Waals surface area contributed by atoms with E-state index in [-0.39, 0.29) is 25.0 Å². The number of nitrogens with zero attached hydrogens (tertiary/aromatic N) is 2. The molecule has 2 heterocycles. The summed E-state index contributed by atoms with van der Waals surface area (Å²) in [4.78, 5) is 39.2. The molecule has 1 aromatic rings. The van der Waals surface area contributed by atoms with E-state index >= 15 is 0 Å². The Hall–Kier alpha value is -2.12. The monoisotopic (exact) mass is 352 g/mol. The minimum atomic E-state index is -1.10. The number of anilines is 1. The molecule has 2 aliphatic rings. The lowest BCUT2D eigenvalue weighted by Gasteiger charge is -2.32. The van der Waals surface area contributed by atoms with Crippen LogP contribution in [-0.2, 0) is 19.1 Å². The number of benzene rings is 1. The van der Waals surface area contributed by atoms with Crippen LogP contribution < -0.4 is 4.90 Å². The van der Waals surface area contributed by atoms with Crippen LogP contribution in [-0.4, -0.2) is 60.1 Å². The molecule has 0 aliphatic carbocycles. The van der Waals surface area contributed by atoms with Gasteiger partial charge in [0.25, 0.3) is 0 Å². The fraction of sp³-hybridized carbons (Fsp3) is 0.438. The van der Waals surface area contributed by atoms with Crippen LogP contribution in [0.3, 0.4) is 0 Å². The van der Waals surface area contributed by atoms with Gasteiger partial charge in [0, 0.05) is 23.8 Å². The highest BCUT2D eigenvalue weighted by molar-refractivity contribution is 6.30. The van der Waals surface area contributed by atoms with E-state index in [1.807, 2.05) is 0 Å². The first kappa shape index (κ1) is 16.7. The van der Waals surface area contributed by atoms with Crippen molar-refractivity contribution in [3.8, 4) is 0 Å². The van der Waals surface area contributed by atoms with Gasteiger partial charge in [-0.1, -0.05) is 11.6 Å². The smallest absolute Gasteiger partial charge is 0.334 e. The number of carboxylic acids is 1. The fourth-order valence-corrected chi connectivity index (χ4v) is 3.13. The maximum absolute atomic E-state index is 12.6. The second-order valence-corrected chi connectivity index (χ2v) is 6.23. The van der Waals surface area contributed by atoms with E-state index in [1.54, 1.807) is 29.2 Å². The second kappa shape index (κ2) is 6.78. The quantitative estimate of drug-likeness (QED) is 0.820. The largest absolute Gasteiger partial charge is 0.479 e. The fourth-order valence-electron chi connectivity index (χ4n) is 3.01. The normalized spacial score (nSPS) is 24.3. The van der Waals surface area contributed by atoms with Gasteiger partial charge in [0.1, 0.15) is 5.92 Å². The first-order chi connectivity index (χ1) is 11.5. The molecule has 2 atom stereocenters. The van der Waals surface area contributed by atoms with Gasteiger partial charge in [-0.15, -0.1) is 0 Å². The Labute approximate surface area is 143 Å². The molecule has 2 aliphatic heterocycles. The number of amides is 2. The van der Waals surface area contributed by atoms with Crippen molar-refractivity contribution in [2.24, 2.45) is 5.92 Å². The van der Waals surface area contributed by atoms with Gasteiger partial charge in [-0.3, -0.25) is 9.59 Å². The third-order valence-electron chi connectivity index (χ3n) is 4.30. The number of aliphatic carboxylic acids is 1. The number of carbonyl (C=O) groups is 3. The van der Waals surface area contributed by atoms with Gasteiger partial charge in [0.2, 0.25) is 11.8 Å². The van der Waals surface area contributed by atoms with Crippen molar-refractivity contribution in [1.82, 2.24) is 4.90 Å². The van der Waals surface area contributed by atoms with Gasteiger partial charge in [0.15, 0.2) is 6.10 Å². The number of carbonyl (C=O) groups excluding carboxylic acids is 2. The molecule has 2 unspecified atom stereocenters. The van der Waals surface area contributed by atoms with Crippen LogP contribution in [0.5, 0.6) is 0 Å². The molecule has 0 spiro atoms. The summed E-state index contributed by atoms with van der Waals surface area (Å²) in [5, 5.41) is 9.59. The second-order valence-electron chi connectivity index (χ2n) is 5.79. The zero-order chi connectivity index (χ0) is 17.3. The summed E-state index contributed by atoms with van der Waals surface area (Å²) < 4.78 is 5.11. The number of morpholine rings is 1. The summed E-state index contributed by atoms with van der Waals surface area (Å²) in [6.45, 7) is 0.875. The molecule has 128 valence electrons. The van der Waals surface area contributed by atoms with Crippen LogP contribution in [0.15, 0.2) is 24.3 Å². The van der Waals surface area contributed by atoms with Gasteiger partial charge in [-0.2, -0.15) is 0 Å². The predicted molar refractivity (Wildman–Crippen MR) is 85.9 cm³/mol. The standard InChI is InChI=1S/C16H17ClN2O5/c17-10-1-3-11(4-2-10)19-6-5-12(15(19)21)14(20)18-7-8-24-13(9-18)16(22)23/h1-4,12-13H,5-9H2,(H,22,23). The van der Waals surface area contributed by atoms with Crippen molar-refractivity contribution >= 4 is 35.1 Å². The Morgan fingerprint density at radius 2 is 1.92 bits per heavy atom. The van der Waals surface area contributed by atoms with Gasteiger partial charge in [-0.25, -0.2) is 4.79 Å². The van der Waals surface area contributed by atoms with Gasteiger partial charge in [-0.05, 0) is 30.7 Å². The third-order valence-corrected chi connectivity index (χ3v) is 4.55. The van der Waals surface area contributed by atoms with Crippen molar-refractivity contribution < 1.29 is 24.2 Å². The summed E-state index contributed by atoms with van der Waals surface area (Å²) in [6, 6.07) is 6.86. The molecule has 2 fully saturated rings. The molecule has 24 heavy (non-hydrogen) atoms. The highest BCUT2D eigenvalue weighted by Crippen LogP contribution is 2.28. The SMILES string of the molecule is O=C(O)C1CN(C(=O)C2CCN(c3ccc(Cl)cc3)C2=O)CCO1. The van der Waals surface area contributed by atoms with Crippen LogP contribution in [0.4, 0.5) is 5.69 Å². The molecule has 3 rings (SSSR count). The van der Waals surface area contributed by atoms with Crippen LogP contribution in [0.2, 0.25) is 5.02 Å². The van der Waals surface area contributed by atoms with Crippen molar-refractivity contribution in [3.05, 3.63) is 29.3 Å². The topological polar surface area (TPSA) is 87.2 Å². The number of ether oxygens (including phenoxy) is 1. The maximum atomic E-state index is 12.6. The van der Waals surface area contributed by atoms with E-state index in [0.29, 0.717) is 30.2 Å². The summed E-state index contributed by atoms with van der Waals surface area (Å²) in [7, 11) is 0. The molecular weight excluding hydrogens is 336 g/mol. The van der Waals surface area contributed by atoms with Crippen molar-refractivity contribution in [2.45, 2.75) is 12.5 Å². The molecule has 0 bridgehead atoms. The number of halogens is 1. The van der Waals surface area contributed by atoms with Gasteiger partial charge < -0.3 is 19.6 Å². The summed E-state index contributed by atoms with van der Waals surface area (Å²) >= 11 is 5.85. The first-order valence-electron chi connectivity index (χ1n) is 7.67. The highest BCUT2D eigenvalue weighted by atomic mass is 35.5. The molecule has 8 heteroatoms. The lowest BCUT2D eigenvalue weighted by atomic mass is 10.1. The summed E-state index contributed by atoms with van der Waals surface area (Å²) in [6.07, 6.45) is -0.623. The van der Waals surface area contributed by atoms with Crippen LogP contribution in [0.1, 0.15) is 6.42 Å². The Morgan fingerprint density at radius 3 is 2.58 bits per heavy atom. The minimum absolute atomic E-state index is 0.0289. The maximum Gasteiger partial charge on any atom is 0.334 e. The Bertz CT molecular complexity index is 663. The average Bonchev–Trinajstić information content (AvgIpc) is 2.96. The Morgan fingerprint density at radius 1 is 1.21 bits per heavy atom. The number of carboxylic acid groups (broad SMARTS) is 1. The minimum Gasteiger partial charge on any atom is -0.479 e. The lowest BCUT2D eigenvalue weighted by Crippen LogP contribution is -2.51. The molecule has 0 saturated carbocycles. The molecule has 2 amide bonds. The molecule has 7 nitrogen and oxygen atoms in total. The van der Waals surface area contributed by atoms with Gasteiger partial charge >= 0.3 is 5.97 Å². The lowest BCUT2D eigenvalue weighted by molar-refractivity contribution is -0.160. The van der Waals surface area contributed by atoms with Crippen molar-refractivity contribution in [1.29, 1.82) is 0 Å². The Balaban J connectivity index is 1.69. The molecular formula is C16H17ClN2O5. The van der Waals surface area contributed by atoms with Crippen LogP contribution in [0.25, 0.3) is 0 Å². The summed E-state index contributed by atoms with van der Waals surface area (Å²) in [5.74, 6) is -2.46. The average molecular weight is 353 g/mol. The first-order valence-corrected chi connectivity index (χ1v) is 8.05. The van der Waals surface area contributed by atoms with E-state index in [1.165, 1.54) is 4.90 Å². The highest BCUT2D eigenvalue weighted by Gasteiger charge is 2.41. The molecule has 2 saturated heterocycles. The molecule has 0 radical (unpaired) electrons. The number of hydrogen-bond donors (Lipinski definition) is 1. The van der Waals surface area contributed by atoms with E-state index in [4.69, 9.17) is 21.4 Å². The van der Waals surface area contributed by atoms with Crippen molar-refractivity contribution in [2.75, 3.05) is 31.1 Å². The predicted octanol–water partition coefficient (Wildman–Crippen LogP) is 1.00. The van der Waals surface area contributed by atoms with E-state index < -0.39 is 18.0 Å².